The molecule has 0 aromatic heterocycles. The molecule has 0 aliphatic carbocycles. The van der Waals surface area contributed by atoms with Crippen LogP contribution < -0.4 is 10.1 Å². The number of hydrogen-bond donors (Lipinski definition) is 1. The molecule has 1 heterocycles. The van der Waals surface area contributed by atoms with Crippen LogP contribution in [0.4, 0.5) is 0 Å². The van der Waals surface area contributed by atoms with Crippen LogP contribution >= 0.6 is 28.3 Å². The van der Waals surface area contributed by atoms with E-state index in [-0.39, 0.29) is 23.3 Å². The number of likely N-dealkylation sites (N-methyl/N-ethyl adjacent to an activating group) is 1. The molecule has 0 bridgehead atoms. The smallest absolute Gasteiger partial charge is 0.247 e. The highest BCUT2D eigenvalue weighted by molar-refractivity contribution is 9.10. The van der Waals surface area contributed by atoms with E-state index < -0.39 is 10.0 Å². The first-order chi connectivity index (χ1) is 9.50. The number of halogens is 2. The van der Waals surface area contributed by atoms with E-state index in [0.29, 0.717) is 18.8 Å². The molecule has 2 rings (SSSR count). The van der Waals surface area contributed by atoms with Gasteiger partial charge in [-0.2, -0.15) is 4.31 Å². The Hall–Kier alpha value is -0.340. The van der Waals surface area contributed by atoms with Gasteiger partial charge in [0.05, 0.1) is 7.11 Å². The largest absolute Gasteiger partial charge is 0.495 e. The maximum Gasteiger partial charge on any atom is 0.247 e. The predicted molar refractivity (Wildman–Crippen MR) is 88.8 cm³/mol. The third kappa shape index (κ3) is 3.90. The fourth-order valence-electron chi connectivity index (χ4n) is 2.54. The second-order valence-corrected chi connectivity index (χ2v) is 7.54. The molecule has 21 heavy (non-hydrogen) atoms. The van der Waals surface area contributed by atoms with Crippen molar-refractivity contribution in [3.05, 3.63) is 22.7 Å². The van der Waals surface area contributed by atoms with Gasteiger partial charge in [-0.15, -0.1) is 12.4 Å². The number of methoxy groups -OCH3 is 1. The summed E-state index contributed by atoms with van der Waals surface area (Å²) in [6, 6.07) is 5.05. The van der Waals surface area contributed by atoms with Crippen molar-refractivity contribution in [2.24, 2.45) is 0 Å². The molecule has 1 fully saturated rings. The zero-order valence-electron chi connectivity index (χ0n) is 12.0. The van der Waals surface area contributed by atoms with Crippen molar-refractivity contribution in [2.45, 2.75) is 23.8 Å². The molecule has 1 saturated heterocycles. The van der Waals surface area contributed by atoms with Crippen LogP contribution in [0.5, 0.6) is 5.75 Å². The van der Waals surface area contributed by atoms with E-state index in [1.54, 1.807) is 22.5 Å². The number of rotatable bonds is 5. The van der Waals surface area contributed by atoms with E-state index in [1.807, 2.05) is 7.05 Å². The Morgan fingerprint density at radius 1 is 1.48 bits per heavy atom. The topological polar surface area (TPSA) is 58.6 Å². The normalized spacial score (nSPS) is 19.3. The van der Waals surface area contributed by atoms with Gasteiger partial charge in [-0.05, 0) is 38.1 Å². The summed E-state index contributed by atoms with van der Waals surface area (Å²) < 4.78 is 33.2. The van der Waals surface area contributed by atoms with Crippen LogP contribution in [0.1, 0.15) is 12.8 Å². The first-order valence-corrected chi connectivity index (χ1v) is 8.74. The van der Waals surface area contributed by atoms with Gasteiger partial charge in [0.25, 0.3) is 0 Å². The maximum absolute atomic E-state index is 12.8. The standard InChI is InChI=1S/C13H19BrN2O3S.ClH/c1-15-9-11-4-3-7-16(11)20(17,18)13-8-10(14)5-6-12(13)19-2;/h5-6,8,11,15H,3-4,7,9H2,1-2H3;1H. The zero-order chi connectivity index (χ0) is 14.8. The van der Waals surface area contributed by atoms with E-state index in [0.717, 1.165) is 17.3 Å². The molecule has 0 amide bonds. The Morgan fingerprint density at radius 3 is 2.81 bits per heavy atom. The molecule has 0 spiro atoms. The number of nitrogens with zero attached hydrogens (tertiary/aromatic N) is 1. The molecule has 5 nitrogen and oxygen atoms in total. The molecule has 1 aliphatic rings. The van der Waals surface area contributed by atoms with Gasteiger partial charge in [-0.25, -0.2) is 8.42 Å². The summed E-state index contributed by atoms with van der Waals surface area (Å²) >= 11 is 3.32. The SMILES string of the molecule is CNCC1CCCN1S(=O)(=O)c1cc(Br)ccc1OC.Cl. The Labute approximate surface area is 140 Å². The average molecular weight is 400 g/mol. The van der Waals surface area contributed by atoms with Crippen molar-refractivity contribution in [3.8, 4) is 5.75 Å². The summed E-state index contributed by atoms with van der Waals surface area (Å²) in [5, 5.41) is 3.06. The van der Waals surface area contributed by atoms with Crippen LogP contribution in [0.2, 0.25) is 0 Å². The van der Waals surface area contributed by atoms with E-state index in [4.69, 9.17) is 4.74 Å². The summed E-state index contributed by atoms with van der Waals surface area (Å²) in [5.41, 5.74) is 0. The lowest BCUT2D eigenvalue weighted by molar-refractivity contribution is 0.370. The molecule has 1 aromatic rings. The Morgan fingerprint density at radius 2 is 2.19 bits per heavy atom. The third-order valence-electron chi connectivity index (χ3n) is 3.48. The van der Waals surface area contributed by atoms with Crippen molar-refractivity contribution in [3.63, 3.8) is 0 Å². The molecule has 1 aromatic carbocycles. The monoisotopic (exact) mass is 398 g/mol. The summed E-state index contributed by atoms with van der Waals surface area (Å²) in [6.07, 6.45) is 1.78. The molecule has 0 radical (unpaired) electrons. The Balaban J connectivity index is 0.00000220. The van der Waals surface area contributed by atoms with Gasteiger partial charge in [0, 0.05) is 23.6 Å². The number of hydrogen-bond acceptors (Lipinski definition) is 4. The van der Waals surface area contributed by atoms with E-state index in [9.17, 15) is 8.42 Å². The minimum atomic E-state index is -3.54. The van der Waals surface area contributed by atoms with Crippen LogP contribution in [0.25, 0.3) is 0 Å². The van der Waals surface area contributed by atoms with Gasteiger partial charge in [0.1, 0.15) is 10.6 Å². The average Bonchev–Trinajstić information content (AvgIpc) is 2.88. The lowest BCUT2D eigenvalue weighted by Crippen LogP contribution is -2.40. The quantitative estimate of drug-likeness (QED) is 0.825. The van der Waals surface area contributed by atoms with Crippen molar-refractivity contribution in [1.29, 1.82) is 0 Å². The first-order valence-electron chi connectivity index (χ1n) is 6.50. The molecule has 1 aliphatic heterocycles. The Bertz CT molecular complexity index is 583. The second-order valence-electron chi connectivity index (χ2n) is 4.76. The molecular weight excluding hydrogens is 380 g/mol. The summed E-state index contributed by atoms with van der Waals surface area (Å²) in [5.74, 6) is 0.378. The van der Waals surface area contributed by atoms with Crippen molar-refractivity contribution >= 4 is 38.4 Å². The van der Waals surface area contributed by atoms with E-state index in [1.165, 1.54) is 7.11 Å². The van der Waals surface area contributed by atoms with Crippen molar-refractivity contribution in [2.75, 3.05) is 27.2 Å². The van der Waals surface area contributed by atoms with Gasteiger partial charge < -0.3 is 10.1 Å². The molecule has 1 atom stereocenters. The van der Waals surface area contributed by atoms with Crippen LogP contribution in [0.3, 0.4) is 0 Å². The van der Waals surface area contributed by atoms with Crippen LogP contribution in [0.15, 0.2) is 27.6 Å². The van der Waals surface area contributed by atoms with Gasteiger partial charge in [-0.3, -0.25) is 0 Å². The van der Waals surface area contributed by atoms with Gasteiger partial charge in [0.15, 0.2) is 0 Å². The number of ether oxygens (including phenoxy) is 1. The Kier molecular flexibility index (Phi) is 6.93. The molecule has 0 saturated carbocycles. The van der Waals surface area contributed by atoms with Gasteiger partial charge in [0.2, 0.25) is 10.0 Å². The molecule has 1 N–H and O–H groups in total. The minimum absolute atomic E-state index is 0. The van der Waals surface area contributed by atoms with Crippen LogP contribution in [0, 0.1) is 0 Å². The molecule has 8 heteroatoms. The summed E-state index contributed by atoms with van der Waals surface area (Å²) in [7, 11) is -0.217. The molecule has 1 unspecified atom stereocenters. The highest BCUT2D eigenvalue weighted by Gasteiger charge is 2.36. The lowest BCUT2D eigenvalue weighted by Gasteiger charge is -2.24. The molecular formula is C13H20BrClN2O3S. The van der Waals surface area contributed by atoms with Crippen molar-refractivity contribution < 1.29 is 13.2 Å². The van der Waals surface area contributed by atoms with Crippen molar-refractivity contribution in [1.82, 2.24) is 9.62 Å². The van der Waals surface area contributed by atoms with E-state index in [2.05, 4.69) is 21.2 Å². The highest BCUT2D eigenvalue weighted by Crippen LogP contribution is 2.33. The number of nitrogens with one attached hydrogen (secondary N) is 1. The van der Waals surface area contributed by atoms with Gasteiger partial charge in [-0.1, -0.05) is 15.9 Å². The third-order valence-corrected chi connectivity index (χ3v) is 5.94. The van der Waals surface area contributed by atoms with Crippen LogP contribution in [-0.2, 0) is 10.0 Å². The number of benzene rings is 1. The highest BCUT2D eigenvalue weighted by atomic mass is 79.9. The lowest BCUT2D eigenvalue weighted by atomic mass is 10.2. The summed E-state index contributed by atoms with van der Waals surface area (Å²) in [6.45, 7) is 1.22. The fraction of sp³-hybridized carbons (Fsp3) is 0.538. The zero-order valence-corrected chi connectivity index (χ0v) is 15.2. The second kappa shape index (κ2) is 7.78. The fourth-order valence-corrected chi connectivity index (χ4v) is 4.93. The summed E-state index contributed by atoms with van der Waals surface area (Å²) in [4.78, 5) is 0.220. The van der Waals surface area contributed by atoms with E-state index >= 15 is 0 Å². The van der Waals surface area contributed by atoms with Gasteiger partial charge >= 0.3 is 0 Å². The predicted octanol–water partition coefficient (Wildman–Crippen LogP) is 2.25. The number of sulfonamides is 1. The molecule has 120 valence electrons. The maximum atomic E-state index is 12.8. The minimum Gasteiger partial charge on any atom is -0.495 e. The first kappa shape index (κ1) is 18.7. The van der Waals surface area contributed by atoms with Crippen LogP contribution in [-0.4, -0.2) is 46.0 Å².